The van der Waals surface area contributed by atoms with Gasteiger partial charge in [0.1, 0.15) is 5.52 Å². The molecule has 0 atom stereocenters. The van der Waals surface area contributed by atoms with Crippen molar-refractivity contribution in [2.75, 3.05) is 31.1 Å². The molecule has 2 aliphatic heterocycles. The Morgan fingerprint density at radius 3 is 2.64 bits per heavy atom. The molecular formula is C19H24ClN7O. The van der Waals surface area contributed by atoms with Gasteiger partial charge in [-0.05, 0) is 44.8 Å². The molecule has 5 rings (SSSR count). The highest BCUT2D eigenvalue weighted by molar-refractivity contribution is 6.11. The number of primary amides is 1. The third-order valence-corrected chi connectivity index (χ3v) is 5.68. The van der Waals surface area contributed by atoms with Gasteiger partial charge in [0, 0.05) is 30.1 Å². The Bertz CT molecular complexity index is 1020. The zero-order chi connectivity index (χ0) is 18.4. The number of halogens is 1. The molecule has 3 N–H and O–H groups in total. The number of nitrogens with one attached hydrogen (secondary N) is 1. The predicted octanol–water partition coefficient (Wildman–Crippen LogP) is 2.02. The third kappa shape index (κ3) is 3.06. The molecule has 0 spiro atoms. The number of carbonyl (C=O) groups is 1. The SMILES string of the molecule is Cl.NC(=O)c1nn(C2CCNCC2)c2c1ccc1cnc(N3CCCC3)nc12. The second-order valence-electron chi connectivity index (χ2n) is 7.40. The van der Waals surface area contributed by atoms with Crippen LogP contribution in [-0.4, -0.2) is 51.8 Å². The van der Waals surface area contributed by atoms with Crippen molar-refractivity contribution in [3.8, 4) is 0 Å². The monoisotopic (exact) mass is 401 g/mol. The number of piperidine rings is 1. The Balaban J connectivity index is 0.00000192. The van der Waals surface area contributed by atoms with Crippen LogP contribution in [0.3, 0.4) is 0 Å². The first kappa shape index (κ1) is 18.9. The maximum absolute atomic E-state index is 12.0. The molecule has 148 valence electrons. The second-order valence-corrected chi connectivity index (χ2v) is 7.40. The highest BCUT2D eigenvalue weighted by Gasteiger charge is 2.25. The van der Waals surface area contributed by atoms with E-state index < -0.39 is 5.91 Å². The minimum absolute atomic E-state index is 0. The number of benzene rings is 1. The van der Waals surface area contributed by atoms with Crippen molar-refractivity contribution >= 4 is 46.1 Å². The van der Waals surface area contributed by atoms with Gasteiger partial charge in [0.15, 0.2) is 5.69 Å². The summed E-state index contributed by atoms with van der Waals surface area (Å²) in [7, 11) is 0. The summed E-state index contributed by atoms with van der Waals surface area (Å²) in [6, 6.07) is 4.10. The Labute approximate surface area is 168 Å². The molecule has 8 nitrogen and oxygen atoms in total. The lowest BCUT2D eigenvalue weighted by molar-refractivity contribution is 0.0995. The van der Waals surface area contributed by atoms with E-state index in [-0.39, 0.29) is 18.4 Å². The van der Waals surface area contributed by atoms with E-state index in [1.165, 1.54) is 12.8 Å². The maximum atomic E-state index is 12.0. The molecule has 2 saturated heterocycles. The van der Waals surface area contributed by atoms with Gasteiger partial charge in [-0.15, -0.1) is 12.4 Å². The quantitative estimate of drug-likeness (QED) is 0.696. The van der Waals surface area contributed by atoms with Gasteiger partial charge in [0.25, 0.3) is 5.91 Å². The van der Waals surface area contributed by atoms with Crippen molar-refractivity contribution in [1.29, 1.82) is 0 Å². The van der Waals surface area contributed by atoms with Gasteiger partial charge in [-0.2, -0.15) is 5.10 Å². The second kappa shape index (κ2) is 7.52. The van der Waals surface area contributed by atoms with Gasteiger partial charge in [-0.3, -0.25) is 9.48 Å². The van der Waals surface area contributed by atoms with Crippen LogP contribution in [0.25, 0.3) is 21.8 Å². The molecule has 0 bridgehead atoms. The van der Waals surface area contributed by atoms with Crippen LogP contribution in [0.4, 0.5) is 5.95 Å². The number of amides is 1. The zero-order valence-corrected chi connectivity index (χ0v) is 16.4. The fourth-order valence-corrected chi connectivity index (χ4v) is 4.27. The van der Waals surface area contributed by atoms with Crippen molar-refractivity contribution in [3.05, 3.63) is 24.0 Å². The summed E-state index contributed by atoms with van der Waals surface area (Å²) in [5.41, 5.74) is 7.70. The molecule has 2 fully saturated rings. The average molecular weight is 402 g/mol. The fourth-order valence-electron chi connectivity index (χ4n) is 4.27. The van der Waals surface area contributed by atoms with Gasteiger partial charge in [-0.1, -0.05) is 6.07 Å². The van der Waals surface area contributed by atoms with Crippen molar-refractivity contribution < 1.29 is 4.79 Å². The molecule has 4 heterocycles. The summed E-state index contributed by atoms with van der Waals surface area (Å²) in [6.07, 6.45) is 6.15. The highest BCUT2D eigenvalue weighted by atomic mass is 35.5. The Morgan fingerprint density at radius 2 is 1.93 bits per heavy atom. The van der Waals surface area contributed by atoms with E-state index in [0.717, 1.165) is 66.8 Å². The first-order valence-corrected chi connectivity index (χ1v) is 9.66. The molecule has 1 amide bonds. The van der Waals surface area contributed by atoms with Crippen molar-refractivity contribution in [2.45, 2.75) is 31.7 Å². The average Bonchev–Trinajstić information content (AvgIpc) is 3.36. The van der Waals surface area contributed by atoms with Crippen molar-refractivity contribution in [2.24, 2.45) is 5.73 Å². The van der Waals surface area contributed by atoms with Crippen LogP contribution in [0.5, 0.6) is 0 Å². The van der Waals surface area contributed by atoms with Crippen LogP contribution in [0.1, 0.15) is 42.2 Å². The van der Waals surface area contributed by atoms with E-state index in [1.807, 2.05) is 23.0 Å². The molecule has 2 aromatic heterocycles. The molecule has 0 saturated carbocycles. The summed E-state index contributed by atoms with van der Waals surface area (Å²) >= 11 is 0. The zero-order valence-electron chi connectivity index (χ0n) is 15.6. The number of nitrogens with two attached hydrogens (primary N) is 1. The third-order valence-electron chi connectivity index (χ3n) is 5.68. The van der Waals surface area contributed by atoms with Crippen LogP contribution < -0.4 is 16.0 Å². The lowest BCUT2D eigenvalue weighted by atomic mass is 10.1. The van der Waals surface area contributed by atoms with Crippen LogP contribution in [-0.2, 0) is 0 Å². The Hall–Kier alpha value is -2.45. The van der Waals surface area contributed by atoms with Crippen LogP contribution in [0, 0.1) is 0 Å². The molecule has 28 heavy (non-hydrogen) atoms. The largest absolute Gasteiger partial charge is 0.364 e. The molecule has 0 radical (unpaired) electrons. The van der Waals surface area contributed by atoms with Gasteiger partial charge < -0.3 is 16.0 Å². The lowest BCUT2D eigenvalue weighted by Gasteiger charge is -2.24. The summed E-state index contributed by atoms with van der Waals surface area (Å²) in [5, 5.41) is 9.74. The lowest BCUT2D eigenvalue weighted by Crippen LogP contribution is -2.30. The van der Waals surface area contributed by atoms with Crippen molar-refractivity contribution in [3.63, 3.8) is 0 Å². The number of carbonyl (C=O) groups excluding carboxylic acids is 1. The first-order valence-electron chi connectivity index (χ1n) is 9.66. The Morgan fingerprint density at radius 1 is 1.18 bits per heavy atom. The number of aromatic nitrogens is 4. The number of fused-ring (bicyclic) bond motifs is 3. The topological polar surface area (TPSA) is 102 Å². The van der Waals surface area contributed by atoms with Crippen LogP contribution in [0.2, 0.25) is 0 Å². The molecule has 0 aliphatic carbocycles. The van der Waals surface area contributed by atoms with Gasteiger partial charge in [0.05, 0.1) is 11.6 Å². The number of anilines is 1. The molecule has 0 unspecified atom stereocenters. The standard InChI is InChI=1S/C19H23N7O.ClH/c20-18(27)16-14-4-3-12-11-22-19(25-9-1-2-10-25)23-15(12)17(14)26(24-16)13-5-7-21-8-6-13;/h3-4,11,13,21H,1-2,5-10H2,(H2,20,27);1H. The number of hydrogen-bond donors (Lipinski definition) is 2. The number of nitrogens with zero attached hydrogens (tertiary/aromatic N) is 5. The van der Waals surface area contributed by atoms with E-state index in [2.05, 4.69) is 20.3 Å². The summed E-state index contributed by atoms with van der Waals surface area (Å²) in [5.74, 6) is 0.257. The minimum Gasteiger partial charge on any atom is -0.364 e. The number of rotatable bonds is 3. The van der Waals surface area contributed by atoms with E-state index in [1.54, 1.807) is 0 Å². The molecule has 3 aromatic rings. The normalized spacial score (nSPS) is 17.9. The fraction of sp³-hybridized carbons (Fsp3) is 0.474. The summed E-state index contributed by atoms with van der Waals surface area (Å²) in [4.78, 5) is 23.7. The highest BCUT2D eigenvalue weighted by Crippen LogP contribution is 2.32. The number of hydrogen-bond acceptors (Lipinski definition) is 6. The molecule has 2 aliphatic rings. The molecule has 9 heteroatoms. The molecular weight excluding hydrogens is 378 g/mol. The van der Waals surface area contributed by atoms with E-state index in [0.29, 0.717) is 5.69 Å². The Kier molecular flexibility index (Phi) is 5.07. The van der Waals surface area contributed by atoms with Crippen LogP contribution >= 0.6 is 12.4 Å². The van der Waals surface area contributed by atoms with Crippen molar-refractivity contribution in [1.82, 2.24) is 25.1 Å². The van der Waals surface area contributed by atoms with E-state index >= 15 is 0 Å². The van der Waals surface area contributed by atoms with Gasteiger partial charge >= 0.3 is 0 Å². The summed E-state index contributed by atoms with van der Waals surface area (Å²) in [6.45, 7) is 3.86. The van der Waals surface area contributed by atoms with E-state index in [4.69, 9.17) is 10.7 Å². The first-order chi connectivity index (χ1) is 13.2. The van der Waals surface area contributed by atoms with E-state index in [9.17, 15) is 4.79 Å². The minimum atomic E-state index is -0.499. The van der Waals surface area contributed by atoms with Gasteiger partial charge in [-0.25, -0.2) is 9.97 Å². The summed E-state index contributed by atoms with van der Waals surface area (Å²) < 4.78 is 1.99. The van der Waals surface area contributed by atoms with Gasteiger partial charge in [0.2, 0.25) is 5.95 Å². The molecule has 1 aromatic carbocycles. The van der Waals surface area contributed by atoms with Crippen LogP contribution in [0.15, 0.2) is 18.3 Å². The smallest absolute Gasteiger partial charge is 0.269 e. The predicted molar refractivity (Wildman–Crippen MR) is 111 cm³/mol. The maximum Gasteiger partial charge on any atom is 0.269 e.